The predicted molar refractivity (Wildman–Crippen MR) is 53.8 cm³/mol. The molecule has 0 aromatic heterocycles. The third-order valence-corrected chi connectivity index (χ3v) is 2.04. The van der Waals surface area contributed by atoms with E-state index in [1.165, 1.54) is 0 Å². The zero-order valence-electron chi connectivity index (χ0n) is 8.29. The van der Waals surface area contributed by atoms with Gasteiger partial charge in [-0.15, -0.1) is 0 Å². The maximum Gasteiger partial charge on any atom is 0.117 e. The van der Waals surface area contributed by atoms with Gasteiger partial charge in [0, 0.05) is 39.3 Å². The Kier molecular flexibility index (Phi) is 6.00. The molecule has 0 amide bonds. The van der Waals surface area contributed by atoms with Crippen LogP contribution in [0.1, 0.15) is 0 Å². The maximum absolute atomic E-state index is 8.74. The summed E-state index contributed by atoms with van der Waals surface area (Å²) < 4.78 is 0. The molecule has 6 nitrogen and oxygen atoms in total. The van der Waals surface area contributed by atoms with Crippen molar-refractivity contribution < 1.29 is 10.2 Å². The highest BCUT2D eigenvalue weighted by molar-refractivity contribution is 4.64. The van der Waals surface area contributed by atoms with E-state index in [2.05, 4.69) is 21.3 Å². The molecule has 0 bridgehead atoms. The second kappa shape index (κ2) is 7.10. The van der Waals surface area contributed by atoms with Crippen molar-refractivity contribution >= 4 is 0 Å². The van der Waals surface area contributed by atoms with Crippen LogP contribution < -0.4 is 21.3 Å². The number of rotatable bonds is 0. The minimum Gasteiger partial charge on any atom is -0.377 e. The van der Waals surface area contributed by atoms with Gasteiger partial charge in [0.25, 0.3) is 0 Å². The summed E-state index contributed by atoms with van der Waals surface area (Å²) in [7, 11) is 0. The molecule has 84 valence electrons. The molecular formula is C8H20N4O2. The van der Waals surface area contributed by atoms with Gasteiger partial charge in [-0.25, -0.2) is 0 Å². The SMILES string of the molecule is OC1CNCCN1.OC1CNCCN1. The molecule has 2 heterocycles. The third-order valence-electron chi connectivity index (χ3n) is 2.04. The third kappa shape index (κ3) is 5.48. The number of aliphatic hydroxyl groups excluding tert-OH is 2. The Morgan fingerprint density at radius 3 is 1.29 bits per heavy atom. The summed E-state index contributed by atoms with van der Waals surface area (Å²) in [5.41, 5.74) is 0. The van der Waals surface area contributed by atoms with E-state index < -0.39 is 0 Å². The lowest BCUT2D eigenvalue weighted by atomic mass is 10.4. The smallest absolute Gasteiger partial charge is 0.117 e. The van der Waals surface area contributed by atoms with E-state index in [1.807, 2.05) is 0 Å². The van der Waals surface area contributed by atoms with Crippen molar-refractivity contribution in [1.29, 1.82) is 0 Å². The summed E-state index contributed by atoms with van der Waals surface area (Å²) in [5, 5.41) is 29.3. The lowest BCUT2D eigenvalue weighted by molar-refractivity contribution is 0.119. The van der Waals surface area contributed by atoms with Gasteiger partial charge in [0.1, 0.15) is 12.5 Å². The highest BCUT2D eigenvalue weighted by Crippen LogP contribution is 1.77. The van der Waals surface area contributed by atoms with Crippen LogP contribution >= 0.6 is 0 Å². The Morgan fingerprint density at radius 2 is 1.14 bits per heavy atom. The van der Waals surface area contributed by atoms with Crippen molar-refractivity contribution in [3.8, 4) is 0 Å². The summed E-state index contributed by atoms with van der Waals surface area (Å²) in [5.74, 6) is 0. The summed E-state index contributed by atoms with van der Waals surface area (Å²) in [6.07, 6.45) is -0.650. The van der Waals surface area contributed by atoms with Gasteiger partial charge < -0.3 is 20.8 Å². The monoisotopic (exact) mass is 204 g/mol. The number of nitrogens with one attached hydrogen (secondary N) is 4. The lowest BCUT2D eigenvalue weighted by Crippen LogP contribution is -2.47. The molecule has 6 heteroatoms. The summed E-state index contributed by atoms with van der Waals surface area (Å²) in [4.78, 5) is 0. The van der Waals surface area contributed by atoms with Crippen molar-refractivity contribution in [1.82, 2.24) is 21.3 Å². The molecular weight excluding hydrogens is 184 g/mol. The van der Waals surface area contributed by atoms with Crippen LogP contribution in [0.2, 0.25) is 0 Å². The maximum atomic E-state index is 8.74. The molecule has 0 aromatic carbocycles. The van der Waals surface area contributed by atoms with Crippen LogP contribution in [0, 0.1) is 0 Å². The number of hydrogen-bond donors (Lipinski definition) is 6. The zero-order chi connectivity index (χ0) is 10.2. The topological polar surface area (TPSA) is 88.6 Å². The molecule has 14 heavy (non-hydrogen) atoms. The van der Waals surface area contributed by atoms with Crippen molar-refractivity contribution in [2.45, 2.75) is 12.5 Å². The van der Waals surface area contributed by atoms with Gasteiger partial charge in [-0.2, -0.15) is 0 Å². The standard InChI is InChI=1S/2C4H10N2O/c2*7-4-3-5-1-2-6-4/h2*4-7H,1-3H2. The average molecular weight is 204 g/mol. The van der Waals surface area contributed by atoms with E-state index in [-0.39, 0.29) is 12.5 Å². The van der Waals surface area contributed by atoms with Crippen LogP contribution in [-0.2, 0) is 0 Å². The Labute approximate surface area is 84.1 Å². The van der Waals surface area contributed by atoms with Crippen LogP contribution in [0.3, 0.4) is 0 Å². The first-order valence-electron chi connectivity index (χ1n) is 5.03. The Balaban J connectivity index is 0.000000140. The molecule has 0 aromatic rings. The van der Waals surface area contributed by atoms with Gasteiger partial charge in [-0.3, -0.25) is 10.6 Å². The van der Waals surface area contributed by atoms with E-state index in [1.54, 1.807) is 0 Å². The first-order chi connectivity index (χ1) is 6.79. The molecule has 2 aliphatic rings. The first kappa shape index (κ1) is 11.8. The number of piperazine rings is 2. The van der Waals surface area contributed by atoms with Gasteiger partial charge in [0.05, 0.1) is 0 Å². The van der Waals surface area contributed by atoms with Gasteiger partial charge in [-0.1, -0.05) is 0 Å². The van der Waals surface area contributed by atoms with E-state index in [0.29, 0.717) is 13.1 Å². The summed E-state index contributed by atoms with van der Waals surface area (Å²) >= 11 is 0. The van der Waals surface area contributed by atoms with Crippen LogP contribution in [0.5, 0.6) is 0 Å². The van der Waals surface area contributed by atoms with E-state index >= 15 is 0 Å². The summed E-state index contributed by atoms with van der Waals surface area (Å²) in [6, 6.07) is 0. The summed E-state index contributed by atoms with van der Waals surface area (Å²) in [6.45, 7) is 5.05. The fourth-order valence-electron chi connectivity index (χ4n) is 1.28. The molecule has 2 unspecified atom stereocenters. The molecule has 2 saturated heterocycles. The predicted octanol–water partition coefficient (Wildman–Crippen LogP) is -3.00. The highest BCUT2D eigenvalue weighted by Gasteiger charge is 2.05. The van der Waals surface area contributed by atoms with Gasteiger partial charge in [0.15, 0.2) is 0 Å². The van der Waals surface area contributed by atoms with Gasteiger partial charge in [0.2, 0.25) is 0 Å². The second-order valence-corrected chi connectivity index (χ2v) is 3.35. The average Bonchev–Trinajstić information content (AvgIpc) is 2.21. The fraction of sp³-hybridized carbons (Fsp3) is 1.00. The Morgan fingerprint density at radius 1 is 0.714 bits per heavy atom. The quantitative estimate of drug-likeness (QED) is 0.252. The van der Waals surface area contributed by atoms with Crippen LogP contribution in [0.25, 0.3) is 0 Å². The second-order valence-electron chi connectivity index (χ2n) is 3.35. The fourth-order valence-corrected chi connectivity index (χ4v) is 1.28. The molecule has 2 fully saturated rings. The van der Waals surface area contributed by atoms with E-state index in [4.69, 9.17) is 10.2 Å². The molecule has 6 N–H and O–H groups in total. The Bertz CT molecular complexity index is 119. The zero-order valence-corrected chi connectivity index (χ0v) is 8.29. The molecule has 0 radical (unpaired) electrons. The normalized spacial score (nSPS) is 33.0. The van der Waals surface area contributed by atoms with Gasteiger partial charge in [-0.05, 0) is 0 Å². The molecule has 0 spiro atoms. The van der Waals surface area contributed by atoms with Gasteiger partial charge >= 0.3 is 0 Å². The minimum absolute atomic E-state index is 0.325. The van der Waals surface area contributed by atoms with Crippen LogP contribution in [-0.4, -0.2) is 61.9 Å². The largest absolute Gasteiger partial charge is 0.377 e. The van der Waals surface area contributed by atoms with E-state index in [9.17, 15) is 0 Å². The number of β-amino-alcohol motifs (C(OH)–C–C–N with tert-alkyl or cyclic N) is 2. The molecule has 0 saturated carbocycles. The highest BCUT2D eigenvalue weighted by atomic mass is 16.3. The van der Waals surface area contributed by atoms with Crippen molar-refractivity contribution in [3.63, 3.8) is 0 Å². The molecule has 0 aliphatic carbocycles. The lowest BCUT2D eigenvalue weighted by Gasteiger charge is -2.18. The number of hydrogen-bond acceptors (Lipinski definition) is 6. The first-order valence-corrected chi connectivity index (χ1v) is 5.03. The van der Waals surface area contributed by atoms with Crippen LogP contribution in [0.4, 0.5) is 0 Å². The molecule has 2 rings (SSSR count). The Hall–Kier alpha value is -0.240. The van der Waals surface area contributed by atoms with Crippen molar-refractivity contribution in [2.24, 2.45) is 0 Å². The minimum atomic E-state index is -0.325. The molecule has 2 atom stereocenters. The van der Waals surface area contributed by atoms with Crippen molar-refractivity contribution in [3.05, 3.63) is 0 Å². The van der Waals surface area contributed by atoms with E-state index in [0.717, 1.165) is 26.2 Å². The number of aliphatic hydroxyl groups is 2. The van der Waals surface area contributed by atoms with Crippen LogP contribution in [0.15, 0.2) is 0 Å². The van der Waals surface area contributed by atoms with Crippen molar-refractivity contribution in [2.75, 3.05) is 39.3 Å². The molecule has 2 aliphatic heterocycles.